The Kier molecular flexibility index (Phi) is 5.45. The van der Waals surface area contributed by atoms with Crippen LogP contribution in [0.3, 0.4) is 0 Å². The molecule has 0 heterocycles. The molecule has 1 aromatic carbocycles. The van der Waals surface area contributed by atoms with Gasteiger partial charge in [-0.1, -0.05) is 6.07 Å². The third kappa shape index (κ3) is 3.37. The molecule has 0 spiro atoms. The van der Waals surface area contributed by atoms with Crippen LogP contribution in [0.4, 0.5) is 0 Å². The molecule has 0 saturated carbocycles. The quantitative estimate of drug-likeness (QED) is 0.754. The summed E-state index contributed by atoms with van der Waals surface area (Å²) >= 11 is 0. The number of nitrogens with one attached hydrogen (secondary N) is 1. The summed E-state index contributed by atoms with van der Waals surface area (Å²) in [5.41, 5.74) is 0.692. The molecule has 0 aliphatic heterocycles. The van der Waals surface area contributed by atoms with Crippen molar-refractivity contribution < 1.29 is 19.4 Å². The van der Waals surface area contributed by atoms with Crippen molar-refractivity contribution in [1.29, 1.82) is 0 Å². The summed E-state index contributed by atoms with van der Waals surface area (Å²) in [7, 11) is 1.68. The molecule has 100 valence electrons. The second-order valence-corrected chi connectivity index (χ2v) is 3.63. The van der Waals surface area contributed by atoms with Gasteiger partial charge in [-0.2, -0.15) is 0 Å². The number of hydrogen-bond donors (Lipinski definition) is 2. The molecule has 2 N–H and O–H groups in total. The van der Waals surface area contributed by atoms with Crippen molar-refractivity contribution in [3.63, 3.8) is 0 Å². The molecular weight excluding hydrogens is 234 g/mol. The van der Waals surface area contributed by atoms with Gasteiger partial charge in [-0.25, -0.2) is 4.79 Å². The minimum Gasteiger partial charge on any atom is -0.504 e. The molecule has 5 nitrogen and oxygen atoms in total. The zero-order chi connectivity index (χ0) is 13.5. The Hall–Kier alpha value is -1.75. The highest BCUT2D eigenvalue weighted by Gasteiger charge is 2.21. The van der Waals surface area contributed by atoms with Crippen LogP contribution in [0.2, 0.25) is 0 Å². The minimum atomic E-state index is -0.565. The van der Waals surface area contributed by atoms with E-state index in [1.807, 2.05) is 6.92 Å². The third-order valence-corrected chi connectivity index (χ3v) is 2.43. The fourth-order valence-corrected chi connectivity index (χ4v) is 1.63. The molecule has 0 aliphatic rings. The number of phenols is 1. The lowest BCUT2D eigenvalue weighted by atomic mass is 10.1. The van der Waals surface area contributed by atoms with Gasteiger partial charge in [0.1, 0.15) is 6.04 Å². The van der Waals surface area contributed by atoms with E-state index in [0.717, 1.165) is 0 Å². The number of phenolic OH excluding ortho intramolecular Hbond substituents is 1. The van der Waals surface area contributed by atoms with Crippen LogP contribution >= 0.6 is 0 Å². The Bertz CT molecular complexity index is 406. The molecule has 0 aliphatic carbocycles. The molecule has 1 unspecified atom stereocenters. The number of benzene rings is 1. The molecule has 1 aromatic rings. The first-order chi connectivity index (χ1) is 8.63. The summed E-state index contributed by atoms with van der Waals surface area (Å²) < 4.78 is 10.3. The van der Waals surface area contributed by atoms with Crippen LogP contribution in [-0.4, -0.2) is 31.3 Å². The van der Waals surface area contributed by atoms with Gasteiger partial charge in [0.05, 0.1) is 13.2 Å². The highest BCUT2D eigenvalue weighted by Crippen LogP contribution is 2.29. The van der Waals surface area contributed by atoms with Crippen LogP contribution in [-0.2, 0) is 9.53 Å². The van der Waals surface area contributed by atoms with Gasteiger partial charge in [-0.3, -0.25) is 0 Å². The summed E-state index contributed by atoms with van der Waals surface area (Å²) in [6.07, 6.45) is 0. The predicted octanol–water partition coefficient (Wildman–Crippen LogP) is 1.61. The third-order valence-electron chi connectivity index (χ3n) is 2.43. The zero-order valence-electron chi connectivity index (χ0n) is 10.9. The van der Waals surface area contributed by atoms with Crippen molar-refractivity contribution in [3.8, 4) is 11.5 Å². The molecule has 1 rings (SSSR count). The van der Waals surface area contributed by atoms with Crippen molar-refractivity contribution in [2.45, 2.75) is 19.9 Å². The number of hydrogen-bond acceptors (Lipinski definition) is 5. The summed E-state index contributed by atoms with van der Waals surface area (Å²) in [6.45, 7) is 4.36. The van der Waals surface area contributed by atoms with Crippen LogP contribution in [0, 0.1) is 0 Å². The predicted molar refractivity (Wildman–Crippen MR) is 67.7 cm³/mol. The van der Waals surface area contributed by atoms with E-state index in [9.17, 15) is 9.90 Å². The van der Waals surface area contributed by atoms with Gasteiger partial charge >= 0.3 is 5.97 Å². The fourth-order valence-electron chi connectivity index (χ4n) is 1.63. The van der Waals surface area contributed by atoms with Gasteiger partial charge in [0.25, 0.3) is 0 Å². The standard InChI is InChI=1S/C13H19NO4/c1-4-17-11-8-9(6-7-10(11)15)12(14-3)13(16)18-5-2/h6-8,12,14-15H,4-5H2,1-3H3. The Morgan fingerprint density at radius 2 is 2.11 bits per heavy atom. The van der Waals surface area contributed by atoms with Crippen molar-refractivity contribution in [3.05, 3.63) is 23.8 Å². The number of carbonyl (C=O) groups is 1. The van der Waals surface area contributed by atoms with E-state index >= 15 is 0 Å². The second-order valence-electron chi connectivity index (χ2n) is 3.63. The van der Waals surface area contributed by atoms with Crippen molar-refractivity contribution in [2.24, 2.45) is 0 Å². The number of likely N-dealkylation sites (N-methyl/N-ethyl adjacent to an activating group) is 1. The molecule has 18 heavy (non-hydrogen) atoms. The lowest BCUT2D eigenvalue weighted by Gasteiger charge is -2.16. The first-order valence-electron chi connectivity index (χ1n) is 5.93. The molecule has 0 radical (unpaired) electrons. The van der Waals surface area contributed by atoms with Crippen LogP contribution in [0.1, 0.15) is 25.5 Å². The van der Waals surface area contributed by atoms with Crippen LogP contribution in [0.25, 0.3) is 0 Å². The van der Waals surface area contributed by atoms with Crippen LogP contribution in [0.15, 0.2) is 18.2 Å². The lowest BCUT2D eigenvalue weighted by molar-refractivity contribution is -0.145. The minimum absolute atomic E-state index is 0.0549. The van der Waals surface area contributed by atoms with Gasteiger partial charge in [-0.15, -0.1) is 0 Å². The molecular formula is C13H19NO4. The molecule has 0 bridgehead atoms. The van der Waals surface area contributed by atoms with E-state index in [1.54, 1.807) is 26.1 Å². The second kappa shape index (κ2) is 6.86. The highest BCUT2D eigenvalue weighted by molar-refractivity contribution is 5.78. The Morgan fingerprint density at radius 1 is 1.39 bits per heavy atom. The van der Waals surface area contributed by atoms with E-state index in [4.69, 9.17) is 9.47 Å². The van der Waals surface area contributed by atoms with Crippen molar-refractivity contribution in [1.82, 2.24) is 5.32 Å². The Labute approximate surface area is 107 Å². The maximum absolute atomic E-state index is 11.7. The van der Waals surface area contributed by atoms with Crippen molar-refractivity contribution >= 4 is 5.97 Å². The number of rotatable bonds is 6. The molecule has 0 fully saturated rings. The SMILES string of the molecule is CCOC(=O)C(NC)c1ccc(O)c(OCC)c1. The Morgan fingerprint density at radius 3 is 2.67 bits per heavy atom. The number of carbonyl (C=O) groups excluding carboxylic acids is 1. The molecule has 0 saturated heterocycles. The van der Waals surface area contributed by atoms with E-state index in [1.165, 1.54) is 6.07 Å². The molecule has 0 amide bonds. The van der Waals surface area contributed by atoms with E-state index < -0.39 is 6.04 Å². The van der Waals surface area contributed by atoms with Crippen molar-refractivity contribution in [2.75, 3.05) is 20.3 Å². The van der Waals surface area contributed by atoms with Gasteiger partial charge < -0.3 is 19.9 Å². The van der Waals surface area contributed by atoms with Gasteiger partial charge in [0.2, 0.25) is 0 Å². The van der Waals surface area contributed by atoms with Gasteiger partial charge in [0.15, 0.2) is 11.5 Å². The maximum Gasteiger partial charge on any atom is 0.327 e. The first kappa shape index (κ1) is 14.3. The van der Waals surface area contributed by atoms with Gasteiger partial charge in [0, 0.05) is 0 Å². The Balaban J connectivity index is 2.99. The summed E-state index contributed by atoms with van der Waals surface area (Å²) in [5.74, 6) is 0.0620. The maximum atomic E-state index is 11.7. The van der Waals surface area contributed by atoms with E-state index in [2.05, 4.69) is 5.32 Å². The first-order valence-corrected chi connectivity index (χ1v) is 5.93. The number of esters is 1. The lowest BCUT2D eigenvalue weighted by Crippen LogP contribution is -2.27. The topological polar surface area (TPSA) is 67.8 Å². The van der Waals surface area contributed by atoms with E-state index in [0.29, 0.717) is 24.5 Å². The summed E-state index contributed by atoms with van der Waals surface area (Å²) in [5, 5.41) is 12.5. The van der Waals surface area contributed by atoms with Crippen LogP contribution < -0.4 is 10.1 Å². The molecule has 0 aromatic heterocycles. The summed E-state index contributed by atoms with van der Waals surface area (Å²) in [4.78, 5) is 11.7. The zero-order valence-corrected chi connectivity index (χ0v) is 10.9. The fraction of sp³-hybridized carbons (Fsp3) is 0.462. The highest BCUT2D eigenvalue weighted by atomic mass is 16.5. The normalized spacial score (nSPS) is 11.9. The molecule has 5 heteroatoms. The molecule has 1 atom stereocenters. The largest absolute Gasteiger partial charge is 0.504 e. The number of ether oxygens (including phenoxy) is 2. The number of aromatic hydroxyl groups is 1. The summed E-state index contributed by atoms with van der Waals surface area (Å²) in [6, 6.07) is 4.24. The van der Waals surface area contributed by atoms with E-state index in [-0.39, 0.29) is 11.7 Å². The smallest absolute Gasteiger partial charge is 0.327 e. The van der Waals surface area contributed by atoms with Crippen LogP contribution in [0.5, 0.6) is 11.5 Å². The average Bonchev–Trinajstić information content (AvgIpc) is 2.34. The average molecular weight is 253 g/mol. The van der Waals surface area contributed by atoms with Gasteiger partial charge in [-0.05, 0) is 38.6 Å². The monoisotopic (exact) mass is 253 g/mol.